The SMILES string of the molecule is COC(=O)c1cc(C(=O)CN2CCC(n3c(=O)[nH]c4ccccc43)CC2)ccc1O. The Morgan fingerprint density at radius 3 is 2.63 bits per heavy atom. The third-order valence-corrected chi connectivity index (χ3v) is 5.64. The van der Waals surface area contributed by atoms with Gasteiger partial charge in [0.05, 0.1) is 24.7 Å². The van der Waals surface area contributed by atoms with Gasteiger partial charge < -0.3 is 14.8 Å². The number of phenols is 1. The molecule has 1 aliphatic heterocycles. The van der Waals surface area contributed by atoms with Gasteiger partial charge in [-0.3, -0.25) is 14.3 Å². The minimum absolute atomic E-state index is 0.0271. The zero-order chi connectivity index (χ0) is 21.3. The molecule has 1 saturated heterocycles. The lowest BCUT2D eigenvalue weighted by molar-refractivity contribution is 0.0597. The molecule has 156 valence electrons. The highest BCUT2D eigenvalue weighted by Crippen LogP contribution is 2.25. The molecule has 1 fully saturated rings. The van der Waals surface area contributed by atoms with Gasteiger partial charge in [0.25, 0.3) is 0 Å². The van der Waals surface area contributed by atoms with Crippen LogP contribution in [-0.2, 0) is 4.74 Å². The van der Waals surface area contributed by atoms with Gasteiger partial charge in [-0.05, 0) is 43.2 Å². The van der Waals surface area contributed by atoms with Crippen LogP contribution >= 0.6 is 0 Å². The number of piperidine rings is 1. The molecular formula is C22H23N3O5. The van der Waals surface area contributed by atoms with E-state index in [1.165, 1.54) is 25.3 Å². The number of rotatable bonds is 5. The predicted octanol–water partition coefficient (Wildman–Crippen LogP) is 2.34. The number of esters is 1. The number of nitrogens with one attached hydrogen (secondary N) is 1. The van der Waals surface area contributed by atoms with Crippen LogP contribution in [0.4, 0.5) is 0 Å². The number of ketones is 1. The van der Waals surface area contributed by atoms with Crippen molar-refractivity contribution in [1.29, 1.82) is 0 Å². The lowest BCUT2D eigenvalue weighted by atomic mass is 10.0. The van der Waals surface area contributed by atoms with Gasteiger partial charge in [0.15, 0.2) is 5.78 Å². The first-order valence-electron chi connectivity index (χ1n) is 9.84. The predicted molar refractivity (Wildman–Crippen MR) is 111 cm³/mol. The third-order valence-electron chi connectivity index (χ3n) is 5.64. The summed E-state index contributed by atoms with van der Waals surface area (Å²) < 4.78 is 6.45. The van der Waals surface area contributed by atoms with Gasteiger partial charge in [-0.1, -0.05) is 12.1 Å². The fraction of sp³-hybridized carbons (Fsp3) is 0.318. The quantitative estimate of drug-likeness (QED) is 0.495. The summed E-state index contributed by atoms with van der Waals surface area (Å²) in [6, 6.07) is 11.9. The molecule has 30 heavy (non-hydrogen) atoms. The van der Waals surface area contributed by atoms with Crippen molar-refractivity contribution in [2.24, 2.45) is 0 Å². The number of imidazole rings is 1. The second-order valence-corrected chi connectivity index (χ2v) is 7.47. The summed E-state index contributed by atoms with van der Waals surface area (Å²) >= 11 is 0. The number of methoxy groups -OCH3 is 1. The van der Waals surface area contributed by atoms with E-state index < -0.39 is 5.97 Å². The molecule has 0 amide bonds. The Morgan fingerprint density at radius 2 is 1.90 bits per heavy atom. The molecule has 8 nitrogen and oxygen atoms in total. The highest BCUT2D eigenvalue weighted by Gasteiger charge is 2.25. The van der Waals surface area contributed by atoms with E-state index >= 15 is 0 Å². The van der Waals surface area contributed by atoms with E-state index in [9.17, 15) is 19.5 Å². The fourth-order valence-corrected chi connectivity index (χ4v) is 4.05. The van der Waals surface area contributed by atoms with Gasteiger partial charge in [0.2, 0.25) is 0 Å². The van der Waals surface area contributed by atoms with Crippen LogP contribution in [0, 0.1) is 0 Å². The summed E-state index contributed by atoms with van der Waals surface area (Å²) in [5.74, 6) is -1.04. The van der Waals surface area contributed by atoms with Crippen molar-refractivity contribution >= 4 is 22.8 Å². The van der Waals surface area contributed by atoms with E-state index in [-0.39, 0.29) is 35.4 Å². The largest absolute Gasteiger partial charge is 0.507 e. The zero-order valence-electron chi connectivity index (χ0n) is 16.6. The van der Waals surface area contributed by atoms with Crippen molar-refractivity contribution in [2.45, 2.75) is 18.9 Å². The van der Waals surface area contributed by atoms with Crippen LogP contribution in [0.5, 0.6) is 5.75 Å². The topological polar surface area (TPSA) is 105 Å². The number of benzene rings is 2. The minimum Gasteiger partial charge on any atom is -0.507 e. The molecule has 0 atom stereocenters. The van der Waals surface area contributed by atoms with E-state index in [4.69, 9.17) is 0 Å². The smallest absolute Gasteiger partial charge is 0.341 e. The van der Waals surface area contributed by atoms with Gasteiger partial charge in [-0.25, -0.2) is 9.59 Å². The first kappa shape index (κ1) is 19.9. The summed E-state index contributed by atoms with van der Waals surface area (Å²) in [7, 11) is 1.22. The lowest BCUT2D eigenvalue weighted by Crippen LogP contribution is -2.39. The van der Waals surface area contributed by atoms with Gasteiger partial charge >= 0.3 is 11.7 Å². The standard InChI is InChI=1S/C22H23N3O5/c1-30-21(28)16-12-14(6-7-19(16)26)20(27)13-24-10-8-15(9-11-24)25-18-5-3-2-4-17(18)23-22(25)29/h2-7,12,15,26H,8-11,13H2,1H3,(H,23,29). The van der Waals surface area contributed by atoms with E-state index in [2.05, 4.69) is 9.72 Å². The molecule has 2 aromatic carbocycles. The molecule has 3 aromatic rings. The highest BCUT2D eigenvalue weighted by molar-refractivity contribution is 6.01. The molecule has 0 saturated carbocycles. The van der Waals surface area contributed by atoms with Crippen molar-refractivity contribution < 1.29 is 19.4 Å². The molecule has 2 heterocycles. The molecule has 2 N–H and O–H groups in total. The Hall–Kier alpha value is -3.39. The molecule has 1 aliphatic rings. The summed E-state index contributed by atoms with van der Waals surface area (Å²) in [5, 5.41) is 9.80. The number of carbonyl (C=O) groups excluding carboxylic acids is 2. The van der Waals surface area contributed by atoms with Crippen LogP contribution in [0.3, 0.4) is 0 Å². The number of aromatic nitrogens is 2. The van der Waals surface area contributed by atoms with Crippen LogP contribution in [0.1, 0.15) is 39.6 Å². The van der Waals surface area contributed by atoms with Crippen LogP contribution in [0.2, 0.25) is 0 Å². The number of nitrogens with zero attached hydrogens (tertiary/aromatic N) is 2. The molecule has 4 rings (SSSR count). The average molecular weight is 409 g/mol. The summed E-state index contributed by atoms with van der Waals surface area (Å²) in [6.45, 7) is 1.58. The number of phenolic OH excluding ortho intramolecular Hbond substituents is 1. The number of para-hydroxylation sites is 2. The number of aromatic hydroxyl groups is 1. The Bertz CT molecular complexity index is 1160. The number of aromatic amines is 1. The van der Waals surface area contributed by atoms with Gasteiger partial charge in [0.1, 0.15) is 11.3 Å². The summed E-state index contributed by atoms with van der Waals surface area (Å²) in [6.07, 6.45) is 1.52. The Labute approximate surface area is 172 Å². The van der Waals surface area contributed by atoms with Gasteiger partial charge in [-0.2, -0.15) is 0 Å². The van der Waals surface area contributed by atoms with Crippen molar-refractivity contribution in [1.82, 2.24) is 14.5 Å². The molecule has 0 unspecified atom stereocenters. The number of Topliss-reactive ketones (excluding diaryl/α,β-unsaturated/α-hetero) is 1. The first-order chi connectivity index (χ1) is 14.5. The van der Waals surface area contributed by atoms with Gasteiger partial charge in [0, 0.05) is 24.7 Å². The van der Waals surface area contributed by atoms with E-state index in [0.29, 0.717) is 18.7 Å². The van der Waals surface area contributed by atoms with Crippen molar-refractivity contribution in [3.8, 4) is 5.75 Å². The monoisotopic (exact) mass is 409 g/mol. The van der Waals surface area contributed by atoms with Crippen molar-refractivity contribution in [2.75, 3.05) is 26.7 Å². The van der Waals surface area contributed by atoms with Crippen LogP contribution in [0.25, 0.3) is 11.0 Å². The van der Waals surface area contributed by atoms with E-state index in [1.807, 2.05) is 33.7 Å². The number of hydrogen-bond acceptors (Lipinski definition) is 6. The third kappa shape index (κ3) is 3.73. The molecule has 0 bridgehead atoms. The normalized spacial score (nSPS) is 15.4. The van der Waals surface area contributed by atoms with E-state index in [0.717, 1.165) is 23.9 Å². The molecule has 8 heteroatoms. The van der Waals surface area contributed by atoms with E-state index in [1.54, 1.807) is 0 Å². The summed E-state index contributed by atoms with van der Waals surface area (Å²) in [4.78, 5) is 41.8. The molecule has 0 radical (unpaired) electrons. The second kappa shape index (κ2) is 8.16. The molecule has 0 aliphatic carbocycles. The molecule has 0 spiro atoms. The highest BCUT2D eigenvalue weighted by atomic mass is 16.5. The second-order valence-electron chi connectivity index (χ2n) is 7.47. The minimum atomic E-state index is -0.688. The van der Waals surface area contributed by atoms with Crippen LogP contribution < -0.4 is 5.69 Å². The Morgan fingerprint density at radius 1 is 1.17 bits per heavy atom. The maximum Gasteiger partial charge on any atom is 0.341 e. The van der Waals surface area contributed by atoms with Crippen LogP contribution in [-0.4, -0.2) is 58.1 Å². The van der Waals surface area contributed by atoms with Crippen molar-refractivity contribution in [3.63, 3.8) is 0 Å². The lowest BCUT2D eigenvalue weighted by Gasteiger charge is -2.32. The summed E-state index contributed by atoms with van der Waals surface area (Å²) in [5.41, 5.74) is 1.94. The zero-order valence-corrected chi connectivity index (χ0v) is 16.6. The number of carbonyl (C=O) groups is 2. The number of H-pyrrole nitrogens is 1. The molecule has 1 aromatic heterocycles. The van der Waals surface area contributed by atoms with Crippen molar-refractivity contribution in [3.05, 3.63) is 64.1 Å². The number of ether oxygens (including phenoxy) is 1. The Balaban J connectivity index is 1.43. The van der Waals surface area contributed by atoms with Crippen LogP contribution in [0.15, 0.2) is 47.3 Å². The maximum atomic E-state index is 12.7. The number of likely N-dealkylation sites (tertiary alicyclic amines) is 1. The maximum absolute atomic E-state index is 12.7. The average Bonchev–Trinajstić information content (AvgIpc) is 3.09. The number of hydrogen-bond donors (Lipinski definition) is 2. The molecular weight excluding hydrogens is 386 g/mol. The van der Waals surface area contributed by atoms with Gasteiger partial charge in [-0.15, -0.1) is 0 Å². The first-order valence-corrected chi connectivity index (χ1v) is 9.84. The number of fused-ring (bicyclic) bond motifs is 1. The Kier molecular flexibility index (Phi) is 5.41. The fourth-order valence-electron chi connectivity index (χ4n) is 4.05.